The van der Waals surface area contributed by atoms with Crippen LogP contribution >= 0.6 is 0 Å². The number of carbonyl (C=O) groups is 1. The summed E-state index contributed by atoms with van der Waals surface area (Å²) in [5, 5.41) is 9.16. The van der Waals surface area contributed by atoms with Gasteiger partial charge in [-0.25, -0.2) is 0 Å². The van der Waals surface area contributed by atoms with Gasteiger partial charge < -0.3 is 5.11 Å². The van der Waals surface area contributed by atoms with Crippen molar-refractivity contribution in [2.75, 3.05) is 0 Å². The lowest BCUT2D eigenvalue weighted by Gasteiger charge is -2.40. The summed E-state index contributed by atoms with van der Waals surface area (Å²) in [5.41, 5.74) is 0.580. The molecule has 2 unspecified atom stereocenters. The summed E-state index contributed by atoms with van der Waals surface area (Å²) in [4.78, 5) is 11.1. The number of hydrogen-bond donors (Lipinski definition) is 1. The summed E-state index contributed by atoms with van der Waals surface area (Å²) < 4.78 is 0. The third-order valence-corrected chi connectivity index (χ3v) is 5.85. The molecule has 0 aromatic heterocycles. The predicted octanol–water partition coefficient (Wildman–Crippen LogP) is 3.17. The smallest absolute Gasteiger partial charge is 0.306 e. The van der Waals surface area contributed by atoms with Gasteiger partial charge in [-0.2, -0.15) is 0 Å². The molecule has 0 aromatic rings. The van der Waals surface area contributed by atoms with E-state index in [0.717, 1.165) is 12.3 Å². The van der Waals surface area contributed by atoms with Gasteiger partial charge in [-0.05, 0) is 41.9 Å². The molecule has 86 valence electrons. The Morgan fingerprint density at radius 2 is 2.00 bits per heavy atom. The molecular weight excluding hydrogens is 188 g/mol. The molecule has 0 spiro atoms. The molecule has 2 heteroatoms. The molecule has 0 aliphatic heterocycles. The highest BCUT2D eigenvalue weighted by atomic mass is 16.4. The zero-order chi connectivity index (χ0) is 11.4. The van der Waals surface area contributed by atoms with Gasteiger partial charge in [0.2, 0.25) is 0 Å². The first-order valence-corrected chi connectivity index (χ1v) is 6.03. The molecule has 2 saturated carbocycles. The maximum Gasteiger partial charge on any atom is 0.306 e. The summed E-state index contributed by atoms with van der Waals surface area (Å²) in [6.45, 7) is 8.86. The zero-order valence-electron chi connectivity index (χ0n) is 10.2. The Balaban J connectivity index is 2.30. The van der Waals surface area contributed by atoms with Gasteiger partial charge in [-0.15, -0.1) is 0 Å². The van der Waals surface area contributed by atoms with Crippen molar-refractivity contribution in [3.8, 4) is 0 Å². The van der Waals surface area contributed by atoms with Gasteiger partial charge >= 0.3 is 5.97 Å². The molecule has 2 rings (SSSR count). The molecule has 0 aromatic carbocycles. The van der Waals surface area contributed by atoms with Gasteiger partial charge in [0, 0.05) is 0 Å². The van der Waals surface area contributed by atoms with Crippen molar-refractivity contribution in [3.05, 3.63) is 0 Å². The lowest BCUT2D eigenvalue weighted by molar-refractivity contribution is -0.145. The van der Waals surface area contributed by atoms with Gasteiger partial charge in [-0.1, -0.05) is 27.7 Å². The Morgan fingerprint density at radius 1 is 1.40 bits per heavy atom. The van der Waals surface area contributed by atoms with Crippen LogP contribution in [0.4, 0.5) is 0 Å². The Bertz CT molecular complexity index is 295. The standard InChI is InChI=1S/C13H22O2/c1-8(11(14)15)10-7-9-5-6-13(10,4)12(9,2)3/h8-10H,5-7H2,1-4H3,(H,14,15)/t8-,9-,10?,13?/m0/s1. The number of carboxylic acid groups (broad SMARTS) is 1. The molecule has 2 aliphatic carbocycles. The van der Waals surface area contributed by atoms with Gasteiger partial charge in [0.05, 0.1) is 5.92 Å². The van der Waals surface area contributed by atoms with Crippen LogP contribution in [0.25, 0.3) is 0 Å². The van der Waals surface area contributed by atoms with Crippen molar-refractivity contribution in [3.63, 3.8) is 0 Å². The van der Waals surface area contributed by atoms with Gasteiger partial charge in [-0.3, -0.25) is 4.79 Å². The highest BCUT2D eigenvalue weighted by molar-refractivity contribution is 5.70. The predicted molar refractivity (Wildman–Crippen MR) is 59.5 cm³/mol. The van der Waals surface area contributed by atoms with E-state index in [-0.39, 0.29) is 11.3 Å². The van der Waals surface area contributed by atoms with E-state index in [9.17, 15) is 4.79 Å². The average molecular weight is 210 g/mol. The summed E-state index contributed by atoms with van der Waals surface area (Å²) in [7, 11) is 0. The number of hydrogen-bond acceptors (Lipinski definition) is 1. The van der Waals surface area contributed by atoms with Crippen molar-refractivity contribution in [1.29, 1.82) is 0 Å². The number of carboxylic acids is 1. The quantitative estimate of drug-likeness (QED) is 0.760. The van der Waals surface area contributed by atoms with E-state index in [1.54, 1.807) is 0 Å². The molecule has 2 bridgehead atoms. The number of aliphatic carboxylic acids is 1. The van der Waals surface area contributed by atoms with E-state index in [1.807, 2.05) is 6.92 Å². The summed E-state index contributed by atoms with van der Waals surface area (Å²) in [5.74, 6) is 0.321. The first-order valence-electron chi connectivity index (χ1n) is 6.03. The van der Waals surface area contributed by atoms with Crippen molar-refractivity contribution >= 4 is 5.97 Å². The molecule has 4 atom stereocenters. The van der Waals surface area contributed by atoms with Crippen molar-refractivity contribution in [1.82, 2.24) is 0 Å². The lowest BCUT2D eigenvalue weighted by atomic mass is 9.63. The lowest BCUT2D eigenvalue weighted by Crippen LogP contribution is -2.37. The molecule has 2 fully saturated rings. The minimum atomic E-state index is -0.621. The van der Waals surface area contributed by atoms with Crippen molar-refractivity contribution < 1.29 is 9.90 Å². The monoisotopic (exact) mass is 210 g/mol. The van der Waals surface area contributed by atoms with Crippen LogP contribution in [-0.2, 0) is 4.79 Å². The molecule has 0 radical (unpaired) electrons. The molecular formula is C13H22O2. The summed E-state index contributed by atoms with van der Waals surface area (Å²) >= 11 is 0. The fraction of sp³-hybridized carbons (Fsp3) is 0.923. The maximum absolute atomic E-state index is 11.1. The van der Waals surface area contributed by atoms with E-state index in [1.165, 1.54) is 12.8 Å². The largest absolute Gasteiger partial charge is 0.481 e. The second kappa shape index (κ2) is 2.99. The highest BCUT2D eigenvalue weighted by Crippen LogP contribution is 2.69. The van der Waals surface area contributed by atoms with Crippen molar-refractivity contribution in [2.24, 2.45) is 28.6 Å². The molecule has 0 saturated heterocycles. The average Bonchev–Trinajstić information content (AvgIpc) is 2.47. The van der Waals surface area contributed by atoms with Crippen LogP contribution in [0.3, 0.4) is 0 Å². The van der Waals surface area contributed by atoms with Gasteiger partial charge in [0.25, 0.3) is 0 Å². The third kappa shape index (κ3) is 1.20. The van der Waals surface area contributed by atoms with Crippen LogP contribution in [0, 0.1) is 28.6 Å². The Kier molecular flexibility index (Phi) is 2.19. The minimum absolute atomic E-state index is 0.181. The summed E-state index contributed by atoms with van der Waals surface area (Å²) in [6.07, 6.45) is 3.64. The van der Waals surface area contributed by atoms with Crippen LogP contribution in [0.5, 0.6) is 0 Å². The van der Waals surface area contributed by atoms with Crippen LogP contribution < -0.4 is 0 Å². The Labute approximate surface area is 92.1 Å². The first-order chi connectivity index (χ1) is 6.80. The molecule has 1 N–H and O–H groups in total. The molecule has 0 amide bonds. The zero-order valence-corrected chi connectivity index (χ0v) is 10.2. The van der Waals surface area contributed by atoms with E-state index in [4.69, 9.17) is 5.11 Å². The van der Waals surface area contributed by atoms with Gasteiger partial charge in [0.1, 0.15) is 0 Å². The SMILES string of the molecule is C[C@H](C(=O)O)C1C[C@@H]2CCC1(C)C2(C)C. The van der Waals surface area contributed by atoms with Crippen LogP contribution in [0.15, 0.2) is 0 Å². The number of rotatable bonds is 2. The normalized spacial score (nSPS) is 44.3. The fourth-order valence-corrected chi connectivity index (χ4v) is 4.19. The summed E-state index contributed by atoms with van der Waals surface area (Å²) in [6, 6.07) is 0. The maximum atomic E-state index is 11.1. The van der Waals surface area contributed by atoms with Crippen LogP contribution in [0.2, 0.25) is 0 Å². The second-order valence-corrected chi connectivity index (χ2v) is 6.34. The van der Waals surface area contributed by atoms with Crippen molar-refractivity contribution in [2.45, 2.75) is 47.0 Å². The topological polar surface area (TPSA) is 37.3 Å². The molecule has 0 heterocycles. The Morgan fingerprint density at radius 3 is 2.33 bits per heavy atom. The van der Waals surface area contributed by atoms with E-state index >= 15 is 0 Å². The highest BCUT2D eigenvalue weighted by Gasteiger charge is 2.62. The van der Waals surface area contributed by atoms with E-state index < -0.39 is 5.97 Å². The van der Waals surface area contributed by atoms with Crippen LogP contribution in [-0.4, -0.2) is 11.1 Å². The minimum Gasteiger partial charge on any atom is -0.481 e. The van der Waals surface area contributed by atoms with E-state index in [2.05, 4.69) is 20.8 Å². The molecule has 15 heavy (non-hydrogen) atoms. The van der Waals surface area contributed by atoms with Gasteiger partial charge in [0.15, 0.2) is 0 Å². The third-order valence-electron chi connectivity index (χ3n) is 5.85. The second-order valence-electron chi connectivity index (χ2n) is 6.34. The number of fused-ring (bicyclic) bond motifs is 2. The molecule has 2 aliphatic rings. The first kappa shape index (κ1) is 11.0. The van der Waals surface area contributed by atoms with E-state index in [0.29, 0.717) is 11.3 Å². The van der Waals surface area contributed by atoms with Crippen LogP contribution in [0.1, 0.15) is 47.0 Å². The fourth-order valence-electron chi connectivity index (χ4n) is 4.19. The molecule has 2 nitrogen and oxygen atoms in total. The Hall–Kier alpha value is -0.530.